The van der Waals surface area contributed by atoms with Gasteiger partial charge in [0.25, 0.3) is 0 Å². The number of benzene rings is 1. The number of alkyl halides is 1. The monoisotopic (exact) mass is 310 g/mol. The standard InChI is InChI=1S/C17H20ClFO2/c1-16(2)11-15(17(3,4)21-16)20-14-9-12(6-5-7-18)8-13(19)10-14/h8-10,15H,7,11H2,1-4H3. The Hall–Kier alpha value is -1.24. The van der Waals surface area contributed by atoms with Crippen molar-refractivity contribution in [3.63, 3.8) is 0 Å². The Kier molecular flexibility index (Phi) is 4.51. The van der Waals surface area contributed by atoms with Crippen LogP contribution in [-0.4, -0.2) is 23.2 Å². The van der Waals surface area contributed by atoms with Crippen LogP contribution in [0, 0.1) is 17.7 Å². The van der Waals surface area contributed by atoms with E-state index in [2.05, 4.69) is 11.8 Å². The van der Waals surface area contributed by atoms with Crippen molar-refractivity contribution in [2.45, 2.75) is 51.4 Å². The number of ether oxygens (including phenoxy) is 2. The van der Waals surface area contributed by atoms with E-state index in [1.54, 1.807) is 6.07 Å². The summed E-state index contributed by atoms with van der Waals surface area (Å²) in [5.74, 6) is 5.82. The Balaban J connectivity index is 2.22. The molecule has 0 amide bonds. The third-order valence-corrected chi connectivity index (χ3v) is 3.57. The molecule has 1 aromatic carbocycles. The topological polar surface area (TPSA) is 18.5 Å². The lowest BCUT2D eigenvalue weighted by atomic mass is 9.97. The summed E-state index contributed by atoms with van der Waals surface area (Å²) in [6.45, 7) is 8.03. The maximum atomic E-state index is 13.7. The van der Waals surface area contributed by atoms with E-state index in [0.717, 1.165) is 6.42 Å². The molecule has 4 heteroatoms. The van der Waals surface area contributed by atoms with Gasteiger partial charge in [0.2, 0.25) is 0 Å². The summed E-state index contributed by atoms with van der Waals surface area (Å²) in [6, 6.07) is 4.46. The van der Waals surface area contributed by atoms with Crippen LogP contribution in [0.3, 0.4) is 0 Å². The van der Waals surface area contributed by atoms with Crippen LogP contribution in [0.1, 0.15) is 39.7 Å². The molecule has 1 aromatic rings. The maximum Gasteiger partial charge on any atom is 0.130 e. The van der Waals surface area contributed by atoms with Crippen LogP contribution in [0.2, 0.25) is 0 Å². The van der Waals surface area contributed by atoms with Crippen LogP contribution in [0.4, 0.5) is 4.39 Å². The Bertz CT molecular complexity index is 584. The predicted molar refractivity (Wildman–Crippen MR) is 82.3 cm³/mol. The van der Waals surface area contributed by atoms with E-state index in [9.17, 15) is 4.39 Å². The van der Waals surface area contributed by atoms with Gasteiger partial charge in [-0.3, -0.25) is 0 Å². The summed E-state index contributed by atoms with van der Waals surface area (Å²) in [5, 5.41) is 0. The Morgan fingerprint density at radius 2 is 2.05 bits per heavy atom. The van der Waals surface area contributed by atoms with E-state index < -0.39 is 5.60 Å². The quantitative estimate of drug-likeness (QED) is 0.604. The second-order valence-corrected chi connectivity index (χ2v) is 6.65. The summed E-state index contributed by atoms with van der Waals surface area (Å²) in [5.41, 5.74) is -0.109. The molecule has 1 aliphatic heterocycles. The molecular weight excluding hydrogens is 291 g/mol. The highest BCUT2D eigenvalue weighted by Crippen LogP contribution is 2.39. The zero-order valence-corrected chi connectivity index (χ0v) is 13.6. The lowest BCUT2D eigenvalue weighted by Crippen LogP contribution is -2.36. The second-order valence-electron chi connectivity index (χ2n) is 6.39. The van der Waals surface area contributed by atoms with Gasteiger partial charge in [0.15, 0.2) is 0 Å². The Morgan fingerprint density at radius 1 is 1.33 bits per heavy atom. The summed E-state index contributed by atoms with van der Waals surface area (Å²) < 4.78 is 25.6. The van der Waals surface area contributed by atoms with Crippen LogP contribution >= 0.6 is 11.6 Å². The first-order valence-electron chi connectivity index (χ1n) is 6.94. The molecule has 0 N–H and O–H groups in total. The van der Waals surface area contributed by atoms with Gasteiger partial charge >= 0.3 is 0 Å². The minimum atomic E-state index is -0.419. The molecule has 0 bridgehead atoms. The number of rotatable bonds is 2. The summed E-state index contributed by atoms with van der Waals surface area (Å²) in [4.78, 5) is 0. The third kappa shape index (κ3) is 4.12. The van der Waals surface area contributed by atoms with Crippen LogP contribution in [0.15, 0.2) is 18.2 Å². The first kappa shape index (κ1) is 16.1. The highest BCUT2D eigenvalue weighted by Gasteiger charge is 2.47. The third-order valence-electron chi connectivity index (χ3n) is 3.44. The first-order chi connectivity index (χ1) is 9.72. The number of hydrogen-bond acceptors (Lipinski definition) is 2. The van der Waals surface area contributed by atoms with Crippen LogP contribution in [-0.2, 0) is 4.74 Å². The molecule has 2 nitrogen and oxygen atoms in total. The predicted octanol–water partition coefficient (Wildman–Crippen LogP) is 4.14. The van der Waals surface area contributed by atoms with Crippen molar-refractivity contribution in [2.24, 2.45) is 0 Å². The van der Waals surface area contributed by atoms with Gasteiger partial charge in [-0.2, -0.15) is 0 Å². The van der Waals surface area contributed by atoms with E-state index in [0.29, 0.717) is 11.3 Å². The van der Waals surface area contributed by atoms with E-state index >= 15 is 0 Å². The maximum absolute atomic E-state index is 13.7. The van der Waals surface area contributed by atoms with Gasteiger partial charge in [0.05, 0.1) is 11.5 Å². The molecule has 0 saturated carbocycles. The average molecular weight is 311 g/mol. The molecule has 21 heavy (non-hydrogen) atoms. The molecule has 1 fully saturated rings. The van der Waals surface area contributed by atoms with E-state index in [4.69, 9.17) is 21.1 Å². The minimum Gasteiger partial charge on any atom is -0.487 e. The zero-order chi connectivity index (χ0) is 15.7. The fraction of sp³-hybridized carbons (Fsp3) is 0.529. The van der Waals surface area contributed by atoms with Gasteiger partial charge < -0.3 is 9.47 Å². The molecule has 0 radical (unpaired) electrons. The normalized spacial score (nSPS) is 22.5. The summed E-state index contributed by atoms with van der Waals surface area (Å²) >= 11 is 5.52. The minimum absolute atomic E-state index is 0.136. The molecule has 0 aliphatic carbocycles. The molecule has 1 unspecified atom stereocenters. The molecular formula is C17H20ClFO2. The fourth-order valence-electron chi connectivity index (χ4n) is 2.70. The zero-order valence-electron chi connectivity index (χ0n) is 12.8. The molecule has 114 valence electrons. The lowest BCUT2D eigenvalue weighted by molar-refractivity contribution is -0.0846. The Labute approximate surface area is 130 Å². The number of hydrogen-bond donors (Lipinski definition) is 0. The van der Waals surface area contributed by atoms with Gasteiger partial charge in [-0.1, -0.05) is 11.8 Å². The smallest absolute Gasteiger partial charge is 0.130 e. The van der Waals surface area contributed by atoms with Gasteiger partial charge in [0.1, 0.15) is 23.3 Å². The van der Waals surface area contributed by atoms with Gasteiger partial charge in [-0.05, 0) is 39.8 Å². The van der Waals surface area contributed by atoms with Crippen molar-refractivity contribution in [1.29, 1.82) is 0 Å². The van der Waals surface area contributed by atoms with Gasteiger partial charge in [-0.25, -0.2) is 4.39 Å². The molecule has 1 heterocycles. The van der Waals surface area contributed by atoms with Crippen molar-refractivity contribution < 1.29 is 13.9 Å². The molecule has 1 aliphatic rings. The molecule has 1 atom stereocenters. The van der Waals surface area contributed by atoms with E-state index in [-0.39, 0.29) is 23.4 Å². The van der Waals surface area contributed by atoms with E-state index in [1.165, 1.54) is 12.1 Å². The summed E-state index contributed by atoms with van der Waals surface area (Å²) in [6.07, 6.45) is 0.613. The van der Waals surface area contributed by atoms with Gasteiger partial charge in [-0.15, -0.1) is 11.6 Å². The lowest BCUT2D eigenvalue weighted by Gasteiger charge is -2.27. The molecule has 1 saturated heterocycles. The second kappa shape index (κ2) is 5.87. The van der Waals surface area contributed by atoms with Gasteiger partial charge in [0, 0.05) is 18.1 Å². The van der Waals surface area contributed by atoms with E-state index in [1.807, 2.05) is 27.7 Å². The highest BCUT2D eigenvalue weighted by atomic mass is 35.5. The highest BCUT2D eigenvalue weighted by molar-refractivity contribution is 6.19. The van der Waals surface area contributed by atoms with Crippen molar-refractivity contribution >= 4 is 11.6 Å². The van der Waals surface area contributed by atoms with Crippen molar-refractivity contribution in [3.8, 4) is 17.6 Å². The Morgan fingerprint density at radius 3 is 2.62 bits per heavy atom. The first-order valence-corrected chi connectivity index (χ1v) is 7.47. The largest absolute Gasteiger partial charge is 0.487 e. The number of halogens is 2. The van der Waals surface area contributed by atoms with Crippen molar-refractivity contribution in [1.82, 2.24) is 0 Å². The van der Waals surface area contributed by atoms with Crippen LogP contribution in [0.5, 0.6) is 5.75 Å². The average Bonchev–Trinajstić information content (AvgIpc) is 2.53. The fourth-order valence-corrected chi connectivity index (χ4v) is 2.76. The SMILES string of the molecule is CC1(C)CC(Oc2cc(F)cc(C#CCCl)c2)C(C)(C)O1. The van der Waals surface area contributed by atoms with Crippen molar-refractivity contribution in [3.05, 3.63) is 29.6 Å². The summed E-state index contributed by atoms with van der Waals surface area (Å²) in [7, 11) is 0. The van der Waals surface area contributed by atoms with Crippen LogP contribution in [0.25, 0.3) is 0 Å². The molecule has 2 rings (SSSR count). The van der Waals surface area contributed by atoms with Crippen molar-refractivity contribution in [2.75, 3.05) is 5.88 Å². The van der Waals surface area contributed by atoms with Crippen LogP contribution < -0.4 is 4.74 Å². The molecule has 0 spiro atoms. The molecule has 0 aromatic heterocycles.